The van der Waals surface area contributed by atoms with Gasteiger partial charge in [0.05, 0.1) is 11.0 Å². The Morgan fingerprint density at radius 3 is 2.69 bits per heavy atom. The SMILES string of the molecule is CC(NCc1cc(Br)c(Br)o1)C1CCCC1. The number of furan rings is 1. The van der Waals surface area contributed by atoms with Gasteiger partial charge in [-0.3, -0.25) is 0 Å². The molecule has 1 unspecified atom stereocenters. The monoisotopic (exact) mass is 349 g/mol. The van der Waals surface area contributed by atoms with Gasteiger partial charge in [-0.05, 0) is 63.6 Å². The predicted molar refractivity (Wildman–Crippen MR) is 72.4 cm³/mol. The highest BCUT2D eigenvalue weighted by Crippen LogP contribution is 2.29. The Balaban J connectivity index is 1.82. The molecule has 0 amide bonds. The molecule has 0 aliphatic heterocycles. The van der Waals surface area contributed by atoms with Crippen molar-refractivity contribution in [3.8, 4) is 0 Å². The Hall–Kier alpha value is 0.200. The largest absolute Gasteiger partial charge is 0.452 e. The lowest BCUT2D eigenvalue weighted by Crippen LogP contribution is -2.31. The molecule has 0 aromatic carbocycles. The fraction of sp³-hybridized carbons (Fsp3) is 0.667. The fourth-order valence-electron chi connectivity index (χ4n) is 2.36. The van der Waals surface area contributed by atoms with E-state index in [4.69, 9.17) is 4.42 Å². The van der Waals surface area contributed by atoms with Crippen LogP contribution in [0.3, 0.4) is 0 Å². The van der Waals surface area contributed by atoms with Crippen molar-refractivity contribution in [3.05, 3.63) is 21.0 Å². The molecule has 0 saturated heterocycles. The molecule has 1 aromatic heterocycles. The summed E-state index contributed by atoms with van der Waals surface area (Å²) in [7, 11) is 0. The highest BCUT2D eigenvalue weighted by molar-refractivity contribution is 9.13. The minimum absolute atomic E-state index is 0.588. The number of halogens is 2. The Labute approximate surface area is 113 Å². The molecule has 90 valence electrons. The average molecular weight is 351 g/mol. The molecule has 0 bridgehead atoms. The van der Waals surface area contributed by atoms with E-state index < -0.39 is 0 Å². The van der Waals surface area contributed by atoms with Crippen molar-refractivity contribution in [2.24, 2.45) is 5.92 Å². The van der Waals surface area contributed by atoms with Crippen LogP contribution in [0.5, 0.6) is 0 Å². The molecule has 1 aliphatic rings. The summed E-state index contributed by atoms with van der Waals surface area (Å²) < 4.78 is 7.29. The zero-order valence-corrected chi connectivity index (χ0v) is 12.6. The molecule has 1 aliphatic carbocycles. The van der Waals surface area contributed by atoms with E-state index in [-0.39, 0.29) is 0 Å². The molecule has 4 heteroatoms. The van der Waals surface area contributed by atoms with E-state index in [0.29, 0.717) is 6.04 Å². The zero-order valence-electron chi connectivity index (χ0n) is 9.43. The molecule has 0 spiro atoms. The summed E-state index contributed by atoms with van der Waals surface area (Å²) >= 11 is 6.77. The molecule has 2 nitrogen and oxygen atoms in total. The van der Waals surface area contributed by atoms with Gasteiger partial charge in [-0.1, -0.05) is 12.8 Å². The lowest BCUT2D eigenvalue weighted by molar-refractivity contribution is 0.360. The molecule has 16 heavy (non-hydrogen) atoms. The second-order valence-electron chi connectivity index (χ2n) is 4.55. The summed E-state index contributed by atoms with van der Waals surface area (Å²) in [6, 6.07) is 2.60. The van der Waals surface area contributed by atoms with Crippen molar-refractivity contribution in [1.82, 2.24) is 5.32 Å². The Morgan fingerprint density at radius 2 is 2.12 bits per heavy atom. The molecule has 1 saturated carbocycles. The van der Waals surface area contributed by atoms with Gasteiger partial charge in [0.2, 0.25) is 0 Å². The van der Waals surface area contributed by atoms with Crippen LogP contribution < -0.4 is 5.32 Å². The van der Waals surface area contributed by atoms with Crippen LogP contribution in [0.15, 0.2) is 19.6 Å². The van der Waals surface area contributed by atoms with Crippen molar-refractivity contribution in [1.29, 1.82) is 0 Å². The van der Waals surface area contributed by atoms with Crippen LogP contribution in [0.25, 0.3) is 0 Å². The maximum atomic E-state index is 5.53. The van der Waals surface area contributed by atoms with Gasteiger partial charge < -0.3 is 9.73 Å². The molecule has 1 N–H and O–H groups in total. The van der Waals surface area contributed by atoms with Gasteiger partial charge in [-0.25, -0.2) is 0 Å². The average Bonchev–Trinajstić information content (AvgIpc) is 2.86. The number of nitrogens with one attached hydrogen (secondary N) is 1. The highest BCUT2D eigenvalue weighted by atomic mass is 79.9. The standard InChI is InChI=1S/C12H17Br2NO/c1-8(9-4-2-3-5-9)15-7-10-6-11(13)12(14)16-10/h6,8-9,15H,2-5,7H2,1H3. The summed E-state index contributed by atoms with van der Waals surface area (Å²) in [4.78, 5) is 0. The third-order valence-electron chi connectivity index (χ3n) is 3.40. The smallest absolute Gasteiger partial charge is 0.183 e. The van der Waals surface area contributed by atoms with Gasteiger partial charge in [-0.15, -0.1) is 0 Å². The Bertz CT molecular complexity index is 325. The Morgan fingerprint density at radius 1 is 1.44 bits per heavy atom. The van der Waals surface area contributed by atoms with Crippen LogP contribution in [0, 0.1) is 5.92 Å². The van der Waals surface area contributed by atoms with E-state index in [1.54, 1.807) is 0 Å². The lowest BCUT2D eigenvalue weighted by Gasteiger charge is -2.19. The molecular weight excluding hydrogens is 334 g/mol. The van der Waals surface area contributed by atoms with Gasteiger partial charge >= 0.3 is 0 Å². The molecular formula is C12H17Br2NO. The quantitative estimate of drug-likeness (QED) is 0.866. The first kappa shape index (κ1) is 12.7. The zero-order chi connectivity index (χ0) is 11.5. The predicted octanol–water partition coefficient (Wildman–Crippen LogP) is 4.47. The first-order valence-electron chi connectivity index (χ1n) is 5.84. The van der Waals surface area contributed by atoms with Gasteiger partial charge in [-0.2, -0.15) is 0 Å². The van der Waals surface area contributed by atoms with Crippen molar-refractivity contribution >= 4 is 31.9 Å². The van der Waals surface area contributed by atoms with Crippen molar-refractivity contribution in [2.45, 2.75) is 45.2 Å². The normalized spacial score (nSPS) is 19.2. The van der Waals surface area contributed by atoms with E-state index in [9.17, 15) is 0 Å². The lowest BCUT2D eigenvalue weighted by atomic mass is 10.00. The van der Waals surface area contributed by atoms with Crippen LogP contribution >= 0.6 is 31.9 Å². The first-order valence-corrected chi connectivity index (χ1v) is 7.42. The minimum Gasteiger partial charge on any atom is -0.452 e. The molecule has 1 heterocycles. The van der Waals surface area contributed by atoms with Gasteiger partial charge in [0.15, 0.2) is 4.67 Å². The van der Waals surface area contributed by atoms with Crippen molar-refractivity contribution in [3.63, 3.8) is 0 Å². The van der Waals surface area contributed by atoms with Crippen LogP contribution in [-0.2, 0) is 6.54 Å². The van der Waals surface area contributed by atoms with Crippen LogP contribution in [0.2, 0.25) is 0 Å². The molecule has 1 atom stereocenters. The van der Waals surface area contributed by atoms with E-state index in [2.05, 4.69) is 44.1 Å². The molecule has 1 aromatic rings. The highest BCUT2D eigenvalue weighted by Gasteiger charge is 2.21. The summed E-state index contributed by atoms with van der Waals surface area (Å²) in [5.41, 5.74) is 0. The van der Waals surface area contributed by atoms with Gasteiger partial charge in [0.1, 0.15) is 5.76 Å². The fourth-order valence-corrected chi connectivity index (χ4v) is 3.02. The van der Waals surface area contributed by atoms with Gasteiger partial charge in [0.25, 0.3) is 0 Å². The van der Waals surface area contributed by atoms with Gasteiger partial charge in [0, 0.05) is 6.04 Å². The topological polar surface area (TPSA) is 25.2 Å². The number of hydrogen-bond acceptors (Lipinski definition) is 2. The van der Waals surface area contributed by atoms with E-state index in [0.717, 1.165) is 27.4 Å². The Kier molecular flexibility index (Phi) is 4.50. The van der Waals surface area contributed by atoms with Crippen LogP contribution in [0.1, 0.15) is 38.4 Å². The molecule has 1 fully saturated rings. The molecule has 0 radical (unpaired) electrons. The van der Waals surface area contributed by atoms with Crippen molar-refractivity contribution < 1.29 is 4.42 Å². The summed E-state index contributed by atoms with van der Waals surface area (Å²) in [6.07, 6.45) is 5.54. The maximum Gasteiger partial charge on any atom is 0.183 e. The second kappa shape index (κ2) is 5.69. The van der Waals surface area contributed by atoms with Crippen LogP contribution in [-0.4, -0.2) is 6.04 Å². The number of rotatable bonds is 4. The van der Waals surface area contributed by atoms with Crippen LogP contribution in [0.4, 0.5) is 0 Å². The third-order valence-corrected chi connectivity index (χ3v) is 5.11. The van der Waals surface area contributed by atoms with E-state index >= 15 is 0 Å². The maximum absolute atomic E-state index is 5.53. The first-order chi connectivity index (χ1) is 7.66. The summed E-state index contributed by atoms with van der Waals surface area (Å²) in [6.45, 7) is 3.09. The number of hydrogen-bond donors (Lipinski definition) is 1. The molecule has 2 rings (SSSR count). The minimum atomic E-state index is 0.588. The van der Waals surface area contributed by atoms with E-state index in [1.807, 2.05) is 6.07 Å². The van der Waals surface area contributed by atoms with E-state index in [1.165, 1.54) is 25.7 Å². The summed E-state index contributed by atoms with van der Waals surface area (Å²) in [5.74, 6) is 1.82. The summed E-state index contributed by atoms with van der Waals surface area (Å²) in [5, 5.41) is 3.55. The van der Waals surface area contributed by atoms with Crippen molar-refractivity contribution in [2.75, 3.05) is 0 Å². The third kappa shape index (κ3) is 3.11. The second-order valence-corrected chi connectivity index (χ2v) is 6.12.